The van der Waals surface area contributed by atoms with Gasteiger partial charge in [-0.05, 0) is 0 Å². The fourth-order valence-corrected chi connectivity index (χ4v) is 2.79. The number of benzene rings is 2. The van der Waals surface area contributed by atoms with Crippen molar-refractivity contribution in [3.05, 3.63) is 100 Å². The zero-order valence-electron chi connectivity index (χ0n) is 12.0. The molecule has 0 saturated carbocycles. The molecule has 0 aliphatic rings. The van der Waals surface area contributed by atoms with Crippen molar-refractivity contribution >= 4 is 26.4 Å². The maximum absolute atomic E-state index is 5.86. The number of hydrogen-bond donors (Lipinski definition) is 0. The van der Waals surface area contributed by atoms with Crippen molar-refractivity contribution in [3.8, 4) is 0 Å². The third kappa shape index (κ3) is 7.88. The minimum Gasteiger partial charge on any atom is -1.00 e. The van der Waals surface area contributed by atoms with E-state index in [4.69, 9.17) is 23.2 Å². The van der Waals surface area contributed by atoms with Gasteiger partial charge in [-0.1, -0.05) is 0 Å². The Kier molecular flexibility index (Phi) is 12.0. The molecule has 0 saturated heterocycles. The van der Waals surface area contributed by atoms with Crippen LogP contribution in [0.25, 0.3) is 0 Å². The summed E-state index contributed by atoms with van der Waals surface area (Å²) in [5.74, 6) is 0. The van der Waals surface area contributed by atoms with Gasteiger partial charge in [-0.2, -0.15) is 18.2 Å². The molecule has 3 aromatic rings. The third-order valence-corrected chi connectivity index (χ3v) is 4.74. The maximum Gasteiger partial charge on any atom is -0.172 e. The summed E-state index contributed by atoms with van der Waals surface area (Å²) in [6, 6.07) is 25.8. The third-order valence-electron chi connectivity index (χ3n) is 2.82. The molecule has 5 heteroatoms. The van der Waals surface area contributed by atoms with Crippen molar-refractivity contribution in [2.75, 3.05) is 0 Å². The molecule has 0 aliphatic heterocycles. The van der Waals surface area contributed by atoms with Gasteiger partial charge in [0.25, 0.3) is 0 Å². The molecule has 0 N–H and O–H groups in total. The molecule has 0 bridgehead atoms. The molecule has 0 aliphatic carbocycles. The number of rotatable bonds is 2. The second-order valence-corrected chi connectivity index (χ2v) is 6.45. The Balaban J connectivity index is 0.000000595. The summed E-state index contributed by atoms with van der Waals surface area (Å²) in [7, 11) is 0. The molecule has 0 spiro atoms. The van der Waals surface area contributed by atoms with E-state index in [1.807, 2.05) is 78.9 Å². The number of halogens is 4. The fraction of sp³-hybridized carbons (Fsp3) is 0. The molecule has 23 heavy (non-hydrogen) atoms. The van der Waals surface area contributed by atoms with Crippen LogP contribution in [0, 0.1) is 0 Å². The fourth-order valence-electron chi connectivity index (χ4n) is 1.72. The smallest absolute Gasteiger partial charge is 0.172 e. The summed E-state index contributed by atoms with van der Waals surface area (Å²) in [5, 5.41) is 1.53. The van der Waals surface area contributed by atoms with E-state index in [2.05, 4.69) is 0 Å². The Morgan fingerprint density at radius 3 is 1.30 bits per heavy atom. The molecule has 0 aromatic heterocycles. The molecule has 0 nitrogen and oxygen atoms in total. The van der Waals surface area contributed by atoms with Gasteiger partial charge in [-0.3, -0.25) is 0 Å². The van der Waals surface area contributed by atoms with Crippen LogP contribution in [0.2, 0.25) is 10.0 Å². The van der Waals surface area contributed by atoms with Gasteiger partial charge in [0.15, 0.2) is 0 Å². The Hall–Kier alpha value is -0.297. The normalized spacial score (nSPS) is 8.87. The van der Waals surface area contributed by atoms with E-state index >= 15 is 0 Å². The number of hydrogen-bond acceptors (Lipinski definition) is 0. The van der Waals surface area contributed by atoms with E-state index in [1.165, 1.54) is 38.6 Å². The van der Waals surface area contributed by atoms with E-state index in [1.54, 1.807) is 0 Å². The van der Waals surface area contributed by atoms with E-state index in [0.717, 1.165) is 10.0 Å². The van der Waals surface area contributed by atoms with Gasteiger partial charge in [-0.25, -0.2) is 12.1 Å². The topological polar surface area (TPSA) is 0 Å². The van der Waals surface area contributed by atoms with E-state index < -0.39 is 0 Å². The van der Waals surface area contributed by atoms with Crippen LogP contribution in [0.4, 0.5) is 0 Å². The first-order chi connectivity index (χ1) is 10.2. The van der Waals surface area contributed by atoms with E-state index in [-0.39, 0.29) is 24.8 Å². The van der Waals surface area contributed by atoms with Gasteiger partial charge < -0.3 is 24.8 Å². The average Bonchev–Trinajstić information content (AvgIpc) is 3.08. The van der Waals surface area contributed by atoms with Crippen molar-refractivity contribution in [2.24, 2.45) is 0 Å². The predicted molar refractivity (Wildman–Crippen MR) is 88.2 cm³/mol. The summed E-state index contributed by atoms with van der Waals surface area (Å²) in [6.45, 7) is 0. The molecule has 0 fully saturated rings. The monoisotopic (exact) mass is 459 g/mol. The molecule has 0 radical (unpaired) electrons. The molecule has 0 heterocycles. The minimum absolute atomic E-state index is 0. The van der Waals surface area contributed by atoms with Crippen molar-refractivity contribution in [1.29, 1.82) is 0 Å². The van der Waals surface area contributed by atoms with Crippen LogP contribution in [0.3, 0.4) is 0 Å². The van der Waals surface area contributed by atoms with Gasteiger partial charge in [0.1, 0.15) is 0 Å². The summed E-state index contributed by atoms with van der Waals surface area (Å²) in [6.07, 6.45) is 0. The van der Waals surface area contributed by atoms with E-state index in [9.17, 15) is 0 Å². The SMILES string of the molecule is Clc1ccc([C](=[Zr+2])c2ccc(Cl)cc2)cc1.[Cl-].[Cl-].c1cc[cH-]c1. The van der Waals surface area contributed by atoms with Gasteiger partial charge in [0.2, 0.25) is 0 Å². The first-order valence-corrected chi connectivity index (χ1v) is 8.42. The Morgan fingerprint density at radius 1 is 0.696 bits per heavy atom. The van der Waals surface area contributed by atoms with Gasteiger partial charge in [-0.15, -0.1) is 0 Å². The molecule has 0 amide bonds. The van der Waals surface area contributed by atoms with Crippen LogP contribution >= 0.6 is 23.2 Å². The molecular weight excluding hydrogens is 449 g/mol. The Labute approximate surface area is 174 Å². The zero-order chi connectivity index (χ0) is 15.1. The molecule has 3 aromatic carbocycles. The van der Waals surface area contributed by atoms with Crippen molar-refractivity contribution in [2.45, 2.75) is 0 Å². The summed E-state index contributed by atoms with van der Waals surface area (Å²) in [4.78, 5) is 0. The minimum atomic E-state index is 0. The van der Waals surface area contributed by atoms with Crippen molar-refractivity contribution in [1.82, 2.24) is 0 Å². The van der Waals surface area contributed by atoms with Crippen molar-refractivity contribution < 1.29 is 49.0 Å². The van der Waals surface area contributed by atoms with Crippen LogP contribution < -0.4 is 24.8 Å². The molecule has 3 rings (SSSR count). The summed E-state index contributed by atoms with van der Waals surface area (Å²) >= 11 is 13.1. The quantitative estimate of drug-likeness (QED) is 0.452. The summed E-state index contributed by atoms with van der Waals surface area (Å²) < 4.78 is 1.31. The second-order valence-electron chi connectivity index (χ2n) is 4.35. The standard InChI is InChI=1S/C13H8Cl2.C5H5.2ClH.Zr/c14-12-5-1-10(2-6-12)9-11-3-7-13(15)8-4-11;1-2-4-5-3-1;;;/h1-8H;1-5H;2*1H;/q;-1;;;+2/p-2. The molecule has 118 valence electrons. The summed E-state index contributed by atoms with van der Waals surface area (Å²) in [5.41, 5.74) is 2.43. The van der Waals surface area contributed by atoms with Gasteiger partial charge in [0, 0.05) is 0 Å². The maximum atomic E-state index is 5.86. The van der Waals surface area contributed by atoms with Crippen LogP contribution in [0.1, 0.15) is 11.1 Å². The Bertz CT molecular complexity index is 609. The largest absolute Gasteiger partial charge is 1.00 e. The second kappa shape index (κ2) is 12.1. The van der Waals surface area contributed by atoms with Crippen LogP contribution in [0.5, 0.6) is 0 Å². The first-order valence-electron chi connectivity index (χ1n) is 6.44. The van der Waals surface area contributed by atoms with Gasteiger partial charge in [0.05, 0.1) is 0 Å². The van der Waals surface area contributed by atoms with Gasteiger partial charge >= 0.3 is 120 Å². The van der Waals surface area contributed by atoms with Crippen LogP contribution in [0.15, 0.2) is 78.9 Å². The van der Waals surface area contributed by atoms with Crippen LogP contribution in [-0.2, 0) is 24.2 Å². The van der Waals surface area contributed by atoms with E-state index in [0.29, 0.717) is 0 Å². The Morgan fingerprint density at radius 2 is 1.04 bits per heavy atom. The van der Waals surface area contributed by atoms with Crippen LogP contribution in [-0.4, -0.2) is 3.21 Å². The average molecular weight is 462 g/mol. The molecular formula is C18H13Cl4Zr-. The first kappa shape index (κ1) is 22.7. The molecule has 0 atom stereocenters. The van der Waals surface area contributed by atoms with Crippen molar-refractivity contribution in [3.63, 3.8) is 0 Å². The molecule has 0 unspecified atom stereocenters. The zero-order valence-corrected chi connectivity index (χ0v) is 17.5. The predicted octanol–water partition coefficient (Wildman–Crippen LogP) is -0.477.